The molecule has 0 bridgehead atoms. The molecule has 0 fully saturated rings. The highest BCUT2D eigenvalue weighted by molar-refractivity contribution is 6.31. The summed E-state index contributed by atoms with van der Waals surface area (Å²) in [7, 11) is 0. The summed E-state index contributed by atoms with van der Waals surface area (Å²) in [6, 6.07) is 3.70. The number of rotatable bonds is 2. The van der Waals surface area contributed by atoms with Gasteiger partial charge in [-0.1, -0.05) is 11.6 Å². The standard InChI is InChI=1S/C16H15ClN6O2/c1-8-5-9(17)6-10-12(3-2-4-25-13(8)10)21-23-16-19-14-11(7-18-22-14)15(24)20-16/h5-7H,2-4H2,1H3,(H3,18,19,20,22,23,24)/b21-12-. The molecular formula is C16H15ClN6O2. The van der Waals surface area contributed by atoms with Gasteiger partial charge in [-0.25, -0.2) is 5.43 Å². The van der Waals surface area contributed by atoms with Crippen LogP contribution < -0.4 is 15.7 Å². The second kappa shape index (κ2) is 6.21. The lowest BCUT2D eigenvalue weighted by molar-refractivity contribution is 0.316. The van der Waals surface area contributed by atoms with Gasteiger partial charge in [0.2, 0.25) is 5.95 Å². The normalized spacial score (nSPS) is 15.7. The van der Waals surface area contributed by atoms with Crippen molar-refractivity contribution in [3.8, 4) is 5.75 Å². The summed E-state index contributed by atoms with van der Waals surface area (Å²) < 4.78 is 5.83. The number of hydrazone groups is 1. The van der Waals surface area contributed by atoms with Gasteiger partial charge in [0, 0.05) is 10.6 Å². The fourth-order valence-electron chi connectivity index (χ4n) is 2.82. The summed E-state index contributed by atoms with van der Waals surface area (Å²) in [6.07, 6.45) is 2.98. The number of ether oxygens (including phenoxy) is 1. The van der Waals surface area contributed by atoms with E-state index in [1.165, 1.54) is 6.20 Å². The number of anilines is 1. The van der Waals surface area contributed by atoms with Crippen molar-refractivity contribution < 1.29 is 4.74 Å². The molecule has 4 rings (SSSR count). The van der Waals surface area contributed by atoms with Crippen molar-refractivity contribution >= 4 is 34.3 Å². The molecule has 3 N–H and O–H groups in total. The van der Waals surface area contributed by atoms with Crippen LogP contribution in [0.1, 0.15) is 24.0 Å². The molecule has 8 nitrogen and oxygen atoms in total. The number of aromatic nitrogens is 4. The molecule has 3 heterocycles. The van der Waals surface area contributed by atoms with Crippen LogP contribution in [0, 0.1) is 6.92 Å². The molecule has 128 valence electrons. The maximum Gasteiger partial charge on any atom is 0.263 e. The van der Waals surface area contributed by atoms with E-state index in [0.717, 1.165) is 35.4 Å². The van der Waals surface area contributed by atoms with Gasteiger partial charge in [-0.2, -0.15) is 15.2 Å². The Kier molecular flexibility index (Phi) is 3.89. The molecule has 0 atom stereocenters. The predicted molar refractivity (Wildman–Crippen MR) is 95.6 cm³/mol. The highest BCUT2D eigenvalue weighted by Crippen LogP contribution is 2.31. The Morgan fingerprint density at radius 3 is 3.16 bits per heavy atom. The van der Waals surface area contributed by atoms with Crippen LogP contribution in [0.3, 0.4) is 0 Å². The van der Waals surface area contributed by atoms with E-state index in [4.69, 9.17) is 16.3 Å². The summed E-state index contributed by atoms with van der Waals surface area (Å²) in [6.45, 7) is 2.57. The molecule has 1 aliphatic heterocycles. The van der Waals surface area contributed by atoms with Gasteiger partial charge >= 0.3 is 0 Å². The van der Waals surface area contributed by atoms with E-state index in [9.17, 15) is 4.79 Å². The molecule has 3 aromatic rings. The molecule has 0 aliphatic carbocycles. The molecule has 0 amide bonds. The van der Waals surface area contributed by atoms with E-state index in [2.05, 4.69) is 30.7 Å². The van der Waals surface area contributed by atoms with Crippen molar-refractivity contribution in [2.24, 2.45) is 5.10 Å². The van der Waals surface area contributed by atoms with E-state index in [1.54, 1.807) is 0 Å². The van der Waals surface area contributed by atoms with E-state index < -0.39 is 0 Å². The average molecular weight is 359 g/mol. The van der Waals surface area contributed by atoms with Crippen molar-refractivity contribution in [2.75, 3.05) is 12.0 Å². The Morgan fingerprint density at radius 1 is 1.40 bits per heavy atom. The maximum absolute atomic E-state index is 12.0. The van der Waals surface area contributed by atoms with Gasteiger partial charge in [0.1, 0.15) is 11.1 Å². The quantitative estimate of drug-likeness (QED) is 0.610. The van der Waals surface area contributed by atoms with Gasteiger partial charge in [-0.15, -0.1) is 0 Å². The van der Waals surface area contributed by atoms with Gasteiger partial charge < -0.3 is 4.74 Å². The van der Waals surface area contributed by atoms with Crippen molar-refractivity contribution in [3.63, 3.8) is 0 Å². The molecule has 0 saturated carbocycles. The highest BCUT2D eigenvalue weighted by atomic mass is 35.5. The van der Waals surface area contributed by atoms with Crippen LogP contribution in [0.25, 0.3) is 11.0 Å². The molecule has 0 unspecified atom stereocenters. The molecule has 1 aliphatic rings. The summed E-state index contributed by atoms with van der Waals surface area (Å²) in [5.41, 5.74) is 5.54. The third-order valence-corrected chi connectivity index (χ3v) is 4.19. The average Bonchev–Trinajstić information content (AvgIpc) is 2.95. The summed E-state index contributed by atoms with van der Waals surface area (Å²) >= 11 is 6.19. The number of nitrogens with one attached hydrogen (secondary N) is 3. The number of fused-ring (bicyclic) bond motifs is 2. The van der Waals surface area contributed by atoms with Gasteiger partial charge in [-0.05, 0) is 37.5 Å². The largest absolute Gasteiger partial charge is 0.493 e. The Bertz CT molecular complexity index is 1040. The van der Waals surface area contributed by atoms with Crippen molar-refractivity contribution in [3.05, 3.63) is 44.8 Å². The number of H-pyrrole nitrogens is 2. The van der Waals surface area contributed by atoms with E-state index >= 15 is 0 Å². The second-order valence-corrected chi connectivity index (χ2v) is 6.20. The van der Waals surface area contributed by atoms with E-state index in [1.807, 2.05) is 19.1 Å². The zero-order valence-electron chi connectivity index (χ0n) is 13.4. The van der Waals surface area contributed by atoms with Crippen LogP contribution in [0.4, 0.5) is 5.95 Å². The monoisotopic (exact) mass is 358 g/mol. The van der Waals surface area contributed by atoms with Crippen LogP contribution in [0.15, 0.2) is 28.2 Å². The molecule has 0 radical (unpaired) electrons. The lowest BCUT2D eigenvalue weighted by Gasteiger charge is -2.12. The minimum atomic E-state index is -0.287. The number of hydrogen-bond donors (Lipinski definition) is 3. The molecule has 0 spiro atoms. The van der Waals surface area contributed by atoms with Gasteiger partial charge in [-0.3, -0.25) is 14.9 Å². The number of aromatic amines is 2. The van der Waals surface area contributed by atoms with Gasteiger partial charge in [0.05, 0.1) is 18.5 Å². The van der Waals surface area contributed by atoms with Crippen LogP contribution >= 0.6 is 11.6 Å². The molecular weight excluding hydrogens is 344 g/mol. The van der Waals surface area contributed by atoms with Gasteiger partial charge in [0.25, 0.3) is 5.56 Å². The third kappa shape index (κ3) is 2.96. The summed E-state index contributed by atoms with van der Waals surface area (Å²) in [5, 5.41) is 11.9. The fourth-order valence-corrected chi connectivity index (χ4v) is 3.09. The SMILES string of the molecule is Cc1cc(Cl)cc2c1OCCC/C2=N/Nc1nc2[nH]ncc2c(=O)[nH]1. The van der Waals surface area contributed by atoms with Crippen molar-refractivity contribution in [1.82, 2.24) is 20.2 Å². The van der Waals surface area contributed by atoms with E-state index in [-0.39, 0.29) is 11.5 Å². The first-order chi connectivity index (χ1) is 12.1. The Labute approximate surface area is 147 Å². The smallest absolute Gasteiger partial charge is 0.263 e. The minimum absolute atomic E-state index is 0.236. The van der Waals surface area contributed by atoms with Crippen LogP contribution in [-0.4, -0.2) is 32.5 Å². The first kappa shape index (κ1) is 15.6. The topological polar surface area (TPSA) is 108 Å². The molecule has 0 saturated heterocycles. The molecule has 9 heteroatoms. The fraction of sp³-hybridized carbons (Fsp3) is 0.250. The lowest BCUT2D eigenvalue weighted by atomic mass is 10.0. The second-order valence-electron chi connectivity index (χ2n) is 5.77. The summed E-state index contributed by atoms with van der Waals surface area (Å²) in [4.78, 5) is 18.9. The zero-order valence-corrected chi connectivity index (χ0v) is 14.1. The van der Waals surface area contributed by atoms with Crippen molar-refractivity contribution in [1.29, 1.82) is 0 Å². The first-order valence-electron chi connectivity index (χ1n) is 7.81. The number of hydrogen-bond acceptors (Lipinski definition) is 6. The highest BCUT2D eigenvalue weighted by Gasteiger charge is 2.18. The van der Waals surface area contributed by atoms with Crippen LogP contribution in [0.5, 0.6) is 5.75 Å². The molecule has 1 aromatic carbocycles. The Hall–Kier alpha value is -2.87. The Morgan fingerprint density at radius 2 is 2.28 bits per heavy atom. The number of aryl methyl sites for hydroxylation is 1. The number of benzene rings is 1. The van der Waals surface area contributed by atoms with Crippen molar-refractivity contribution in [2.45, 2.75) is 19.8 Å². The lowest BCUT2D eigenvalue weighted by Crippen LogP contribution is -2.12. The Balaban J connectivity index is 1.72. The first-order valence-corrected chi connectivity index (χ1v) is 8.19. The minimum Gasteiger partial charge on any atom is -0.493 e. The third-order valence-electron chi connectivity index (χ3n) is 3.97. The van der Waals surface area contributed by atoms with Crippen LogP contribution in [-0.2, 0) is 0 Å². The zero-order chi connectivity index (χ0) is 17.4. The molecule has 2 aromatic heterocycles. The summed E-state index contributed by atoms with van der Waals surface area (Å²) in [5.74, 6) is 1.02. The van der Waals surface area contributed by atoms with Gasteiger partial charge in [0.15, 0.2) is 5.65 Å². The molecule has 25 heavy (non-hydrogen) atoms. The predicted octanol–water partition coefficient (Wildman–Crippen LogP) is 2.60. The maximum atomic E-state index is 12.0. The van der Waals surface area contributed by atoms with Crippen LogP contribution in [0.2, 0.25) is 5.02 Å². The van der Waals surface area contributed by atoms with E-state index in [0.29, 0.717) is 22.7 Å². The number of nitrogens with zero attached hydrogens (tertiary/aromatic N) is 3. The number of halogens is 1.